The summed E-state index contributed by atoms with van der Waals surface area (Å²) in [5, 5.41) is 3.90. The molecule has 0 aliphatic heterocycles. The second-order valence-electron chi connectivity index (χ2n) is 4.90. The molecule has 24 heavy (non-hydrogen) atoms. The zero-order valence-corrected chi connectivity index (χ0v) is 15.6. The molecule has 0 amide bonds. The van der Waals surface area contributed by atoms with Gasteiger partial charge in [0.2, 0.25) is 0 Å². The number of halogens is 1. The molecule has 3 rings (SSSR count). The molecule has 2 aromatic heterocycles. The lowest BCUT2D eigenvalue weighted by molar-refractivity contribution is 0.595. The Kier molecular flexibility index (Phi) is 5.55. The largest absolute Gasteiger partial charge is 0.250 e. The summed E-state index contributed by atoms with van der Waals surface area (Å²) in [7, 11) is -3.41. The van der Waals surface area contributed by atoms with E-state index in [4.69, 9.17) is 11.6 Å². The van der Waals surface area contributed by atoms with Crippen molar-refractivity contribution in [1.29, 1.82) is 0 Å². The third-order valence-corrected chi connectivity index (χ3v) is 7.04. The highest BCUT2D eigenvalue weighted by atomic mass is 35.5. The van der Waals surface area contributed by atoms with E-state index in [1.165, 1.54) is 23.5 Å². The Morgan fingerprint density at radius 3 is 2.62 bits per heavy atom. The van der Waals surface area contributed by atoms with Crippen molar-refractivity contribution in [2.75, 3.05) is 0 Å². The van der Waals surface area contributed by atoms with E-state index in [0.717, 1.165) is 10.7 Å². The minimum atomic E-state index is -3.41. The Morgan fingerprint density at radius 2 is 1.92 bits per heavy atom. The summed E-state index contributed by atoms with van der Waals surface area (Å²) in [6.45, 7) is 0. The van der Waals surface area contributed by atoms with E-state index < -0.39 is 9.84 Å². The maximum atomic E-state index is 12.4. The normalized spacial score (nSPS) is 11.5. The summed E-state index contributed by atoms with van der Waals surface area (Å²) >= 11 is 8.73. The zero-order chi connectivity index (χ0) is 17.0. The first kappa shape index (κ1) is 17.4. The van der Waals surface area contributed by atoms with Crippen LogP contribution >= 0.6 is 34.7 Å². The van der Waals surface area contributed by atoms with Crippen LogP contribution in [0.4, 0.5) is 0 Å². The number of hydrogen-bond acceptors (Lipinski definition) is 6. The van der Waals surface area contributed by atoms with Crippen LogP contribution in [0.5, 0.6) is 0 Å². The molecule has 0 aliphatic carbocycles. The molecule has 3 aromatic rings. The van der Waals surface area contributed by atoms with Gasteiger partial charge in [0.05, 0.1) is 15.6 Å². The Balaban J connectivity index is 1.66. The fourth-order valence-corrected chi connectivity index (χ4v) is 5.36. The van der Waals surface area contributed by atoms with Crippen molar-refractivity contribution in [3.05, 3.63) is 69.8 Å². The molecule has 124 valence electrons. The van der Waals surface area contributed by atoms with Crippen LogP contribution in [0.25, 0.3) is 0 Å². The summed E-state index contributed by atoms with van der Waals surface area (Å²) in [5.74, 6) is 0.558. The van der Waals surface area contributed by atoms with Crippen LogP contribution in [-0.4, -0.2) is 18.4 Å². The van der Waals surface area contributed by atoms with E-state index in [-0.39, 0.29) is 10.6 Å². The fourth-order valence-electron chi connectivity index (χ4n) is 1.95. The number of benzene rings is 1. The van der Waals surface area contributed by atoms with Gasteiger partial charge in [-0.05, 0) is 36.4 Å². The Bertz CT molecular complexity index is 910. The van der Waals surface area contributed by atoms with E-state index in [2.05, 4.69) is 9.97 Å². The number of pyridine rings is 1. The molecule has 0 atom stereocenters. The molecular weight excluding hydrogens is 384 g/mol. The first-order chi connectivity index (χ1) is 11.5. The molecule has 0 N–H and O–H groups in total. The Hall–Kier alpha value is -1.41. The van der Waals surface area contributed by atoms with Gasteiger partial charge in [0, 0.05) is 22.4 Å². The number of sulfone groups is 1. The van der Waals surface area contributed by atoms with E-state index in [0.29, 0.717) is 15.8 Å². The van der Waals surface area contributed by atoms with Crippen molar-refractivity contribution in [3.63, 3.8) is 0 Å². The molecule has 0 aliphatic rings. The fraction of sp³-hybridized carbons (Fsp3) is 0.125. The van der Waals surface area contributed by atoms with Gasteiger partial charge in [-0.2, -0.15) is 0 Å². The molecule has 2 heterocycles. The third kappa shape index (κ3) is 4.57. The lowest BCUT2D eigenvalue weighted by Crippen LogP contribution is -2.04. The van der Waals surface area contributed by atoms with E-state index in [1.807, 2.05) is 23.6 Å². The van der Waals surface area contributed by atoms with E-state index in [9.17, 15) is 8.42 Å². The lowest BCUT2D eigenvalue weighted by atomic mass is 10.4. The number of thiazole rings is 1. The zero-order valence-electron chi connectivity index (χ0n) is 12.4. The molecule has 0 spiro atoms. The predicted molar refractivity (Wildman–Crippen MR) is 98.3 cm³/mol. The molecule has 4 nitrogen and oxygen atoms in total. The minimum Gasteiger partial charge on any atom is -0.250 e. The predicted octanol–water partition coefficient (Wildman–Crippen LogP) is 4.46. The standard InChI is InChI=1S/C16H13ClN2O2S3/c17-12-4-6-14(7-5-12)24(20,21)11-16-19-13(10-23-16)9-22-15-3-1-2-8-18-15/h1-8,10H,9,11H2. The highest BCUT2D eigenvalue weighted by Gasteiger charge is 2.17. The second-order valence-corrected chi connectivity index (χ2v) is 9.27. The van der Waals surface area contributed by atoms with Crippen molar-refractivity contribution < 1.29 is 8.42 Å². The number of rotatable bonds is 6. The summed E-state index contributed by atoms with van der Waals surface area (Å²) < 4.78 is 24.8. The van der Waals surface area contributed by atoms with Crippen LogP contribution in [0.3, 0.4) is 0 Å². The molecule has 0 radical (unpaired) electrons. The molecule has 0 saturated carbocycles. The number of aromatic nitrogens is 2. The monoisotopic (exact) mass is 396 g/mol. The minimum absolute atomic E-state index is 0.104. The Morgan fingerprint density at radius 1 is 1.12 bits per heavy atom. The Labute approximate surface area is 153 Å². The molecule has 0 fully saturated rings. The van der Waals surface area contributed by atoms with Gasteiger partial charge in [-0.25, -0.2) is 18.4 Å². The smallest absolute Gasteiger partial charge is 0.184 e. The van der Waals surface area contributed by atoms with Crippen molar-refractivity contribution in [1.82, 2.24) is 9.97 Å². The van der Waals surface area contributed by atoms with Crippen molar-refractivity contribution >= 4 is 44.5 Å². The van der Waals surface area contributed by atoms with Crippen LogP contribution < -0.4 is 0 Å². The third-order valence-electron chi connectivity index (χ3n) is 3.09. The average Bonchev–Trinajstić information content (AvgIpc) is 3.01. The molecule has 8 heteroatoms. The maximum Gasteiger partial charge on any atom is 0.184 e. The lowest BCUT2D eigenvalue weighted by Gasteiger charge is -2.02. The summed E-state index contributed by atoms with van der Waals surface area (Å²) in [6.07, 6.45) is 1.74. The second kappa shape index (κ2) is 7.65. The van der Waals surface area contributed by atoms with Gasteiger partial charge in [0.15, 0.2) is 9.84 Å². The van der Waals surface area contributed by atoms with Crippen molar-refractivity contribution in [2.45, 2.75) is 21.4 Å². The molecular formula is C16H13ClN2O2S3. The first-order valence-corrected chi connectivity index (χ1v) is 10.9. The molecule has 1 aromatic carbocycles. The van der Waals surface area contributed by atoms with Gasteiger partial charge in [0.1, 0.15) is 10.8 Å². The number of thioether (sulfide) groups is 1. The number of nitrogens with zero attached hydrogens (tertiary/aromatic N) is 2. The number of hydrogen-bond donors (Lipinski definition) is 0. The maximum absolute atomic E-state index is 12.4. The van der Waals surface area contributed by atoms with Crippen molar-refractivity contribution in [3.8, 4) is 0 Å². The van der Waals surface area contributed by atoms with Crippen LogP contribution in [0.1, 0.15) is 10.7 Å². The summed E-state index contributed by atoms with van der Waals surface area (Å²) in [4.78, 5) is 8.91. The highest BCUT2D eigenvalue weighted by Crippen LogP contribution is 2.24. The van der Waals surface area contributed by atoms with Gasteiger partial charge in [-0.3, -0.25) is 0 Å². The molecule has 0 unspecified atom stereocenters. The molecule has 0 saturated heterocycles. The average molecular weight is 397 g/mol. The van der Waals surface area contributed by atoms with Gasteiger partial charge in [0.25, 0.3) is 0 Å². The van der Waals surface area contributed by atoms with Gasteiger partial charge in [-0.1, -0.05) is 17.7 Å². The van der Waals surface area contributed by atoms with E-state index >= 15 is 0 Å². The van der Waals surface area contributed by atoms with Gasteiger partial charge >= 0.3 is 0 Å². The van der Waals surface area contributed by atoms with E-state index in [1.54, 1.807) is 30.1 Å². The summed E-state index contributed by atoms with van der Waals surface area (Å²) in [5.41, 5.74) is 0.858. The topological polar surface area (TPSA) is 59.9 Å². The van der Waals surface area contributed by atoms with Crippen LogP contribution in [0, 0.1) is 0 Å². The quantitative estimate of drug-likeness (QED) is 0.576. The van der Waals surface area contributed by atoms with Gasteiger partial charge < -0.3 is 0 Å². The first-order valence-electron chi connectivity index (χ1n) is 6.98. The highest BCUT2D eigenvalue weighted by molar-refractivity contribution is 7.98. The SMILES string of the molecule is O=S(=O)(Cc1nc(CSc2ccccn2)cs1)c1ccc(Cl)cc1. The van der Waals surface area contributed by atoms with Crippen molar-refractivity contribution in [2.24, 2.45) is 0 Å². The van der Waals surface area contributed by atoms with Crippen LogP contribution in [-0.2, 0) is 21.3 Å². The van der Waals surface area contributed by atoms with Gasteiger partial charge in [-0.15, -0.1) is 23.1 Å². The van der Waals surface area contributed by atoms with Crippen LogP contribution in [0.15, 0.2) is 64.0 Å². The van der Waals surface area contributed by atoms with Crippen LogP contribution in [0.2, 0.25) is 5.02 Å². The molecule has 0 bridgehead atoms. The summed E-state index contributed by atoms with van der Waals surface area (Å²) in [6, 6.07) is 11.9.